The number of aromatic amines is 1. The van der Waals surface area contributed by atoms with Crippen molar-refractivity contribution < 1.29 is 23.0 Å². The van der Waals surface area contributed by atoms with Gasteiger partial charge in [0.05, 0.1) is 34.8 Å². The number of ether oxygens (including phenoxy) is 1. The third kappa shape index (κ3) is 6.37. The summed E-state index contributed by atoms with van der Waals surface area (Å²) in [5.74, 6) is -0.112. The van der Waals surface area contributed by atoms with E-state index >= 15 is 9.18 Å². The fourth-order valence-electron chi connectivity index (χ4n) is 10.8. The molecule has 3 atom stereocenters. The van der Waals surface area contributed by atoms with Gasteiger partial charge >= 0.3 is 11.4 Å². The number of H-pyrrole nitrogens is 1. The highest BCUT2D eigenvalue weighted by Gasteiger charge is 2.59. The molecule has 3 aromatic carbocycles. The van der Waals surface area contributed by atoms with Crippen molar-refractivity contribution in [3.8, 4) is 17.2 Å². The number of aromatic nitrogens is 9. The number of nitrogens with zero attached hydrogens (tertiary/aromatic N) is 9. The van der Waals surface area contributed by atoms with Crippen LogP contribution in [0, 0.1) is 25.6 Å². The van der Waals surface area contributed by atoms with Crippen LogP contribution in [0.5, 0.6) is 0 Å². The Kier molecular flexibility index (Phi) is 9.55. The largest absolute Gasteiger partial charge is 0.438 e. The average molecular weight is 913 g/mol. The number of halogens is 1. The maximum atomic E-state index is 15.5. The first-order valence-corrected chi connectivity index (χ1v) is 25.0. The van der Waals surface area contributed by atoms with Crippen molar-refractivity contribution >= 4 is 40.2 Å². The highest BCUT2D eigenvalue weighted by Crippen LogP contribution is 2.56. The molecular formula is C48H50FN10O6P. The Morgan fingerprint density at radius 3 is 2.36 bits per heavy atom. The molecule has 0 spiro atoms. The Labute approximate surface area is 377 Å². The highest BCUT2D eigenvalue weighted by molar-refractivity contribution is 7.70. The van der Waals surface area contributed by atoms with Crippen molar-refractivity contribution in [2.24, 2.45) is 13.0 Å². The topological polar surface area (TPSA) is 173 Å². The van der Waals surface area contributed by atoms with E-state index in [0.29, 0.717) is 94.9 Å². The van der Waals surface area contributed by atoms with Crippen LogP contribution in [0.4, 0.5) is 4.39 Å². The number of carbonyl (C=O) groups is 1. The quantitative estimate of drug-likeness (QED) is 0.162. The average Bonchev–Trinajstić information content (AvgIpc) is 3.92. The van der Waals surface area contributed by atoms with E-state index in [4.69, 9.17) is 14.4 Å². The summed E-state index contributed by atoms with van der Waals surface area (Å²) < 4.78 is 48.0. The van der Waals surface area contributed by atoms with Crippen LogP contribution in [0.2, 0.25) is 0 Å². The molecule has 2 fully saturated rings. The van der Waals surface area contributed by atoms with E-state index in [1.807, 2.05) is 28.5 Å². The summed E-state index contributed by atoms with van der Waals surface area (Å²) in [7, 11) is -1.03. The number of fused-ring (bicyclic) bond motifs is 3. The lowest BCUT2D eigenvalue weighted by atomic mass is 9.91. The second kappa shape index (κ2) is 15.0. The molecule has 2 aliphatic heterocycles. The van der Waals surface area contributed by atoms with Gasteiger partial charge in [0.15, 0.2) is 5.82 Å². The maximum absolute atomic E-state index is 15.5. The molecule has 11 rings (SSSR count). The predicted octanol–water partition coefficient (Wildman–Crippen LogP) is 6.77. The lowest BCUT2D eigenvalue weighted by molar-refractivity contribution is 0.0663. The lowest BCUT2D eigenvalue weighted by Crippen LogP contribution is -2.41. The Bertz CT molecular complexity index is 3460. The van der Waals surface area contributed by atoms with Crippen molar-refractivity contribution in [2.75, 3.05) is 33.1 Å². The zero-order valence-corrected chi connectivity index (χ0v) is 38.7. The Morgan fingerprint density at radius 1 is 0.955 bits per heavy atom. The zero-order valence-electron chi connectivity index (χ0n) is 37.8. The minimum Gasteiger partial charge on any atom is -0.381 e. The third-order valence-electron chi connectivity index (χ3n) is 14.3. The van der Waals surface area contributed by atoms with Crippen LogP contribution < -0.4 is 16.8 Å². The molecule has 3 aliphatic rings. The number of benzene rings is 3. The summed E-state index contributed by atoms with van der Waals surface area (Å²) in [5.41, 5.74) is 5.22. The third-order valence-corrected chi connectivity index (χ3v) is 15.8. The van der Waals surface area contributed by atoms with Crippen LogP contribution in [0.15, 0.2) is 81.2 Å². The fraction of sp³-hybridized carbons (Fsp3) is 0.375. The van der Waals surface area contributed by atoms with Gasteiger partial charge in [-0.1, -0.05) is 18.1 Å². The molecule has 5 aromatic heterocycles. The summed E-state index contributed by atoms with van der Waals surface area (Å²) in [5, 5.41) is 16.0. The van der Waals surface area contributed by atoms with Crippen LogP contribution in [0.25, 0.3) is 39.0 Å². The minimum absolute atomic E-state index is 0.0147. The van der Waals surface area contributed by atoms with Crippen molar-refractivity contribution in [2.45, 2.75) is 70.9 Å². The zero-order chi connectivity index (χ0) is 46.1. The molecule has 7 heterocycles. The molecule has 1 amide bonds. The van der Waals surface area contributed by atoms with Gasteiger partial charge in [-0.25, -0.2) is 18.7 Å². The lowest BCUT2D eigenvalue weighted by Gasteiger charge is -2.34. The molecule has 0 radical (unpaired) electrons. The first-order valence-electron chi connectivity index (χ1n) is 22.4. The highest BCUT2D eigenvalue weighted by atomic mass is 31.2. The molecule has 16 nitrogen and oxygen atoms in total. The van der Waals surface area contributed by atoms with Crippen LogP contribution in [-0.2, 0) is 28.3 Å². The second-order valence-corrected chi connectivity index (χ2v) is 22.0. The molecule has 18 heteroatoms. The van der Waals surface area contributed by atoms with Crippen molar-refractivity contribution in [3.05, 3.63) is 133 Å². The minimum atomic E-state index is -2.83. The SMILES string of the molecule is Cc1cc(-n2nc3c(c2-n2ccn(-c4cc(P(C)(C)=O)c5c(cnn5C)c4)c2=O)C(C)N(C(=O)c2cc4cc(C5CCOCC5)ccc4n2C2(c4noc(=O)[nH]4)CC2C)CC3)cc(C)c1F. The molecule has 1 N–H and O–H groups in total. The summed E-state index contributed by atoms with van der Waals surface area (Å²) >= 11 is 0. The van der Waals surface area contributed by atoms with Gasteiger partial charge in [0, 0.05) is 72.8 Å². The number of hydrogen-bond acceptors (Lipinski definition) is 9. The standard InChI is InChI=1S/C48H50FN10O6P/c1-26-18-35(19-27(2)41(26)49)59-43(57-15-14-56(47(57)62)34-21-33-25-50-54(5)42(33)39(23-34)66(6,7)63)40-29(4)55(13-10-36(40)52-59)44(60)38-22-32-20-31(30-11-16-64-17-12-30)8-9-37(32)58(38)48(24-28(48)3)45-51-46(61)65-53-45/h8-9,14-15,18-23,25,28-30H,10-13,16-17,24H2,1-7H3,(H,51,53,61). The van der Waals surface area contributed by atoms with Crippen molar-refractivity contribution in [1.82, 2.24) is 48.3 Å². The first-order chi connectivity index (χ1) is 31.5. The van der Waals surface area contributed by atoms with E-state index in [1.165, 1.54) is 14.7 Å². The van der Waals surface area contributed by atoms with Crippen LogP contribution in [0.3, 0.4) is 0 Å². The Hall–Kier alpha value is -6.58. The van der Waals surface area contributed by atoms with Gasteiger partial charge in [0.1, 0.15) is 30.0 Å². The van der Waals surface area contributed by atoms with Gasteiger partial charge in [0.2, 0.25) is 0 Å². The van der Waals surface area contributed by atoms with E-state index in [-0.39, 0.29) is 17.6 Å². The van der Waals surface area contributed by atoms with Gasteiger partial charge in [-0.15, -0.1) is 0 Å². The normalized spacial score (nSPS) is 20.2. The van der Waals surface area contributed by atoms with E-state index in [9.17, 15) is 14.2 Å². The first kappa shape index (κ1) is 42.1. The van der Waals surface area contributed by atoms with Crippen molar-refractivity contribution in [3.63, 3.8) is 0 Å². The van der Waals surface area contributed by atoms with E-state index in [2.05, 4.69) is 40.4 Å². The number of amides is 1. The molecule has 1 aliphatic carbocycles. The maximum Gasteiger partial charge on any atom is 0.438 e. The summed E-state index contributed by atoms with van der Waals surface area (Å²) in [6.07, 6.45) is 7.84. The molecular weight excluding hydrogens is 863 g/mol. The molecule has 8 aromatic rings. The summed E-state index contributed by atoms with van der Waals surface area (Å²) in [6.45, 7) is 12.5. The van der Waals surface area contributed by atoms with E-state index < -0.39 is 30.2 Å². The molecule has 3 unspecified atom stereocenters. The van der Waals surface area contributed by atoms with Crippen molar-refractivity contribution in [1.29, 1.82) is 0 Å². The number of carbonyl (C=O) groups excluding carboxylic acids is 1. The van der Waals surface area contributed by atoms with E-state index in [0.717, 1.165) is 34.6 Å². The van der Waals surface area contributed by atoms with Gasteiger partial charge in [-0.2, -0.15) is 10.2 Å². The second-order valence-electron chi connectivity index (χ2n) is 18.8. The number of rotatable bonds is 8. The van der Waals surface area contributed by atoms with Gasteiger partial charge in [-0.05, 0) is 124 Å². The van der Waals surface area contributed by atoms with Crippen LogP contribution >= 0.6 is 7.14 Å². The number of hydrogen-bond donors (Lipinski definition) is 1. The van der Waals surface area contributed by atoms with Crippen LogP contribution in [-0.4, -0.2) is 87.3 Å². The Morgan fingerprint density at radius 2 is 1.68 bits per heavy atom. The summed E-state index contributed by atoms with van der Waals surface area (Å²) in [4.78, 5) is 47.5. The molecule has 0 bridgehead atoms. The summed E-state index contributed by atoms with van der Waals surface area (Å²) in [6, 6.07) is 14.8. The molecule has 340 valence electrons. The molecule has 66 heavy (non-hydrogen) atoms. The smallest absolute Gasteiger partial charge is 0.381 e. The number of aryl methyl sites for hydroxylation is 3. The number of imidazole rings is 1. The van der Waals surface area contributed by atoms with E-state index in [1.54, 1.807) is 80.4 Å². The van der Waals surface area contributed by atoms with Gasteiger partial charge < -0.3 is 18.8 Å². The van der Waals surface area contributed by atoms with Gasteiger partial charge in [-0.3, -0.25) is 28.1 Å². The predicted molar refractivity (Wildman–Crippen MR) is 247 cm³/mol. The monoisotopic (exact) mass is 912 g/mol. The molecule has 1 saturated carbocycles. The van der Waals surface area contributed by atoms with Gasteiger partial charge in [0.25, 0.3) is 5.91 Å². The molecule has 1 saturated heterocycles. The Balaban J connectivity index is 1.07. The number of nitrogens with one attached hydrogen (secondary N) is 1. The fourth-order valence-corrected chi connectivity index (χ4v) is 12.0. The van der Waals surface area contributed by atoms with Crippen LogP contribution in [0.1, 0.15) is 89.3 Å².